The SMILES string of the molecule is Cc1ccc2oc(C(=O)Nc3cc(Br)ccc3Cl)cc2c1. The molecule has 0 aliphatic carbocycles. The normalized spacial score (nSPS) is 10.8. The molecular formula is C16H11BrClNO2. The van der Waals surface area contributed by atoms with Crippen molar-refractivity contribution in [1.82, 2.24) is 0 Å². The maximum absolute atomic E-state index is 12.3. The molecule has 1 aromatic heterocycles. The number of hydrogen-bond donors (Lipinski definition) is 1. The molecule has 3 nitrogen and oxygen atoms in total. The fourth-order valence-corrected chi connectivity index (χ4v) is 2.58. The molecule has 0 atom stereocenters. The number of nitrogens with one attached hydrogen (secondary N) is 1. The van der Waals surface area contributed by atoms with Crippen LogP contribution in [0, 0.1) is 6.92 Å². The lowest BCUT2D eigenvalue weighted by molar-refractivity contribution is 0.0998. The third-order valence-corrected chi connectivity index (χ3v) is 3.90. The molecule has 2 aromatic carbocycles. The van der Waals surface area contributed by atoms with Crippen LogP contribution in [0.25, 0.3) is 11.0 Å². The van der Waals surface area contributed by atoms with Crippen molar-refractivity contribution < 1.29 is 9.21 Å². The zero-order chi connectivity index (χ0) is 15.0. The lowest BCUT2D eigenvalue weighted by Crippen LogP contribution is -2.11. The summed E-state index contributed by atoms with van der Waals surface area (Å²) in [5.74, 6) is -0.0736. The molecule has 106 valence electrons. The Balaban J connectivity index is 1.91. The molecule has 3 aromatic rings. The van der Waals surface area contributed by atoms with Crippen LogP contribution in [0.4, 0.5) is 5.69 Å². The number of benzene rings is 2. The minimum Gasteiger partial charge on any atom is -0.451 e. The topological polar surface area (TPSA) is 42.2 Å². The monoisotopic (exact) mass is 363 g/mol. The van der Waals surface area contributed by atoms with Crippen LogP contribution in [0.2, 0.25) is 5.02 Å². The summed E-state index contributed by atoms with van der Waals surface area (Å²) < 4.78 is 6.40. The molecule has 0 fully saturated rings. The van der Waals surface area contributed by atoms with E-state index in [2.05, 4.69) is 21.2 Å². The smallest absolute Gasteiger partial charge is 0.291 e. The molecule has 0 bridgehead atoms. The van der Waals surface area contributed by atoms with Gasteiger partial charge in [0.1, 0.15) is 5.58 Å². The number of carbonyl (C=O) groups is 1. The quantitative estimate of drug-likeness (QED) is 0.660. The number of rotatable bonds is 2. The molecule has 0 radical (unpaired) electrons. The van der Waals surface area contributed by atoms with Gasteiger partial charge in [0.05, 0.1) is 10.7 Å². The minimum absolute atomic E-state index is 0.256. The Morgan fingerprint density at radius 1 is 1.19 bits per heavy atom. The van der Waals surface area contributed by atoms with Crippen LogP contribution in [0.5, 0.6) is 0 Å². The third kappa shape index (κ3) is 2.96. The summed E-state index contributed by atoms with van der Waals surface area (Å²) >= 11 is 9.41. The molecule has 0 aliphatic heterocycles. The summed E-state index contributed by atoms with van der Waals surface area (Å²) in [6.07, 6.45) is 0. The Labute approximate surface area is 135 Å². The van der Waals surface area contributed by atoms with Crippen molar-refractivity contribution in [2.75, 3.05) is 5.32 Å². The maximum Gasteiger partial charge on any atom is 0.291 e. The van der Waals surface area contributed by atoms with Crippen molar-refractivity contribution in [2.24, 2.45) is 0 Å². The van der Waals surface area contributed by atoms with Crippen LogP contribution < -0.4 is 5.32 Å². The predicted octanol–water partition coefficient (Wildman–Crippen LogP) is 5.41. The fraction of sp³-hybridized carbons (Fsp3) is 0.0625. The number of furan rings is 1. The molecule has 0 spiro atoms. The van der Waals surface area contributed by atoms with Gasteiger partial charge in [-0.25, -0.2) is 0 Å². The van der Waals surface area contributed by atoms with Crippen LogP contribution in [0.15, 0.2) is 51.4 Å². The summed E-state index contributed by atoms with van der Waals surface area (Å²) in [7, 11) is 0. The van der Waals surface area contributed by atoms with E-state index in [1.807, 2.05) is 31.2 Å². The van der Waals surface area contributed by atoms with E-state index >= 15 is 0 Å². The van der Waals surface area contributed by atoms with E-state index in [1.165, 1.54) is 0 Å². The zero-order valence-electron chi connectivity index (χ0n) is 11.1. The van der Waals surface area contributed by atoms with Gasteiger partial charge in [-0.05, 0) is 43.3 Å². The number of fused-ring (bicyclic) bond motifs is 1. The van der Waals surface area contributed by atoms with Gasteiger partial charge in [-0.15, -0.1) is 0 Å². The second-order valence-corrected chi connectivity index (χ2v) is 6.05. The van der Waals surface area contributed by atoms with Gasteiger partial charge in [0.25, 0.3) is 5.91 Å². The van der Waals surface area contributed by atoms with E-state index in [9.17, 15) is 4.79 Å². The van der Waals surface area contributed by atoms with Gasteiger partial charge in [0, 0.05) is 9.86 Å². The van der Waals surface area contributed by atoms with Gasteiger partial charge in [0.2, 0.25) is 0 Å². The maximum atomic E-state index is 12.3. The standard InChI is InChI=1S/C16H11BrClNO2/c1-9-2-5-14-10(6-9)7-15(21-14)16(20)19-13-8-11(17)3-4-12(13)18/h2-8H,1H3,(H,19,20). The molecule has 1 N–H and O–H groups in total. The van der Waals surface area contributed by atoms with Crippen molar-refractivity contribution in [3.63, 3.8) is 0 Å². The molecule has 21 heavy (non-hydrogen) atoms. The summed E-state index contributed by atoms with van der Waals surface area (Å²) in [6, 6.07) is 12.8. The Morgan fingerprint density at radius 2 is 2.00 bits per heavy atom. The van der Waals surface area contributed by atoms with E-state index in [1.54, 1.807) is 18.2 Å². The van der Waals surface area contributed by atoms with Crippen molar-refractivity contribution in [1.29, 1.82) is 0 Å². The number of hydrogen-bond acceptors (Lipinski definition) is 2. The Hall–Kier alpha value is -1.78. The lowest BCUT2D eigenvalue weighted by atomic mass is 10.2. The van der Waals surface area contributed by atoms with E-state index in [0.717, 1.165) is 15.4 Å². The highest BCUT2D eigenvalue weighted by atomic mass is 79.9. The number of carbonyl (C=O) groups excluding carboxylic acids is 1. The molecule has 3 rings (SSSR count). The molecule has 5 heteroatoms. The van der Waals surface area contributed by atoms with Gasteiger partial charge in [-0.3, -0.25) is 4.79 Å². The molecule has 0 unspecified atom stereocenters. The molecule has 0 saturated carbocycles. The number of amides is 1. The van der Waals surface area contributed by atoms with Crippen molar-refractivity contribution in [3.8, 4) is 0 Å². The number of halogens is 2. The van der Waals surface area contributed by atoms with Crippen LogP contribution in [0.3, 0.4) is 0 Å². The van der Waals surface area contributed by atoms with Crippen molar-refractivity contribution in [3.05, 3.63) is 63.3 Å². The molecular weight excluding hydrogens is 354 g/mol. The fourth-order valence-electron chi connectivity index (χ4n) is 2.05. The Morgan fingerprint density at radius 3 is 2.81 bits per heavy atom. The first kappa shape index (κ1) is 14.2. The highest BCUT2D eigenvalue weighted by Crippen LogP contribution is 2.27. The van der Waals surface area contributed by atoms with Crippen molar-refractivity contribution in [2.45, 2.75) is 6.92 Å². The molecule has 0 saturated heterocycles. The molecule has 1 heterocycles. The van der Waals surface area contributed by atoms with Crippen molar-refractivity contribution >= 4 is 50.1 Å². The third-order valence-electron chi connectivity index (χ3n) is 3.07. The lowest BCUT2D eigenvalue weighted by Gasteiger charge is -2.05. The Bertz CT molecular complexity index is 841. The average molecular weight is 365 g/mol. The second kappa shape index (κ2) is 5.54. The van der Waals surface area contributed by atoms with Gasteiger partial charge in [-0.2, -0.15) is 0 Å². The summed E-state index contributed by atoms with van der Waals surface area (Å²) in [5.41, 5.74) is 2.34. The average Bonchev–Trinajstić information content (AvgIpc) is 2.86. The first-order valence-electron chi connectivity index (χ1n) is 6.29. The molecule has 1 amide bonds. The summed E-state index contributed by atoms with van der Waals surface area (Å²) in [4.78, 5) is 12.3. The first-order chi connectivity index (χ1) is 10.0. The highest BCUT2D eigenvalue weighted by Gasteiger charge is 2.14. The van der Waals surface area contributed by atoms with E-state index < -0.39 is 0 Å². The van der Waals surface area contributed by atoms with Crippen LogP contribution >= 0.6 is 27.5 Å². The zero-order valence-corrected chi connectivity index (χ0v) is 13.5. The van der Waals surface area contributed by atoms with Gasteiger partial charge >= 0.3 is 0 Å². The van der Waals surface area contributed by atoms with Gasteiger partial charge in [0.15, 0.2) is 5.76 Å². The predicted molar refractivity (Wildman–Crippen MR) is 88.1 cm³/mol. The van der Waals surface area contributed by atoms with E-state index in [-0.39, 0.29) is 11.7 Å². The first-order valence-corrected chi connectivity index (χ1v) is 7.46. The summed E-state index contributed by atoms with van der Waals surface area (Å²) in [6.45, 7) is 1.99. The Kier molecular flexibility index (Phi) is 3.74. The van der Waals surface area contributed by atoms with Gasteiger partial charge < -0.3 is 9.73 Å². The van der Waals surface area contributed by atoms with Crippen LogP contribution in [-0.4, -0.2) is 5.91 Å². The highest BCUT2D eigenvalue weighted by molar-refractivity contribution is 9.10. The molecule has 0 aliphatic rings. The largest absolute Gasteiger partial charge is 0.451 e. The van der Waals surface area contributed by atoms with Gasteiger partial charge in [-0.1, -0.05) is 39.2 Å². The minimum atomic E-state index is -0.330. The van der Waals surface area contributed by atoms with Crippen LogP contribution in [0.1, 0.15) is 16.1 Å². The number of anilines is 1. The number of aryl methyl sites for hydroxylation is 1. The second-order valence-electron chi connectivity index (χ2n) is 4.73. The van der Waals surface area contributed by atoms with Crippen LogP contribution in [-0.2, 0) is 0 Å². The van der Waals surface area contributed by atoms with E-state index in [4.69, 9.17) is 16.0 Å². The van der Waals surface area contributed by atoms with E-state index in [0.29, 0.717) is 16.3 Å². The summed E-state index contributed by atoms with van der Waals surface area (Å²) in [5, 5.41) is 4.12.